The van der Waals surface area contributed by atoms with Gasteiger partial charge in [0.15, 0.2) is 5.82 Å². The van der Waals surface area contributed by atoms with E-state index in [1.807, 2.05) is 79.0 Å². The fraction of sp³-hybridized carbons (Fsp3) is 0.370. The average Bonchev–Trinajstić information content (AvgIpc) is 3.61. The van der Waals surface area contributed by atoms with Gasteiger partial charge in [0.05, 0.1) is 25.0 Å². The van der Waals surface area contributed by atoms with E-state index in [0.29, 0.717) is 60.2 Å². The van der Waals surface area contributed by atoms with Gasteiger partial charge >= 0.3 is 5.97 Å². The Labute approximate surface area is 386 Å². The maximum absolute atomic E-state index is 13.2. The number of carbonyl (C=O) groups is 1. The molecule has 0 unspecified atom stereocenters. The van der Waals surface area contributed by atoms with E-state index in [4.69, 9.17) is 40.5 Å². The van der Waals surface area contributed by atoms with E-state index >= 15 is 0 Å². The van der Waals surface area contributed by atoms with Gasteiger partial charge < -0.3 is 29.4 Å². The molecule has 1 saturated carbocycles. The van der Waals surface area contributed by atoms with Crippen molar-refractivity contribution < 1.29 is 28.8 Å². The van der Waals surface area contributed by atoms with Crippen LogP contribution in [-0.4, -0.2) is 45.3 Å². The minimum atomic E-state index is -1.11. The van der Waals surface area contributed by atoms with Crippen LogP contribution in [0.5, 0.6) is 23.0 Å². The van der Waals surface area contributed by atoms with Gasteiger partial charge in [-0.3, -0.25) is 4.98 Å². The number of anilines is 1. The molecule has 2 aromatic heterocycles. The normalized spacial score (nSPS) is 21.5. The molecule has 9 rings (SSSR count). The zero-order valence-corrected chi connectivity index (χ0v) is 38.2. The number of carboxylic acid groups (broad SMARTS) is 1. The molecule has 2 heterocycles. The van der Waals surface area contributed by atoms with E-state index in [0.717, 1.165) is 79.0 Å². The molecule has 6 aromatic rings. The van der Waals surface area contributed by atoms with Crippen molar-refractivity contribution in [3.63, 3.8) is 0 Å². The minimum Gasteiger partial charge on any atom is -0.496 e. The number of hydrogen-bond donors (Lipinski definition) is 2. The van der Waals surface area contributed by atoms with E-state index in [2.05, 4.69) is 42.3 Å². The second-order valence-corrected chi connectivity index (χ2v) is 18.7. The van der Waals surface area contributed by atoms with E-state index in [1.54, 1.807) is 25.4 Å². The van der Waals surface area contributed by atoms with Crippen LogP contribution in [0.1, 0.15) is 98.4 Å². The minimum absolute atomic E-state index is 0.220. The fourth-order valence-electron chi connectivity index (χ4n) is 10.7. The van der Waals surface area contributed by atoms with Crippen molar-refractivity contribution in [2.24, 2.45) is 11.8 Å². The molecular formula is C54H57ClN4O6. The lowest BCUT2D eigenvalue weighted by Crippen LogP contribution is -2.53. The van der Waals surface area contributed by atoms with Crippen molar-refractivity contribution in [3.05, 3.63) is 154 Å². The van der Waals surface area contributed by atoms with Gasteiger partial charge in [-0.2, -0.15) is 0 Å². The third kappa shape index (κ3) is 9.50. The highest BCUT2D eigenvalue weighted by atomic mass is 35.5. The van der Waals surface area contributed by atoms with Crippen molar-refractivity contribution in [3.8, 4) is 34.4 Å². The van der Waals surface area contributed by atoms with Crippen LogP contribution in [0.25, 0.3) is 11.4 Å². The van der Waals surface area contributed by atoms with Crippen LogP contribution in [-0.2, 0) is 36.3 Å². The Morgan fingerprint density at radius 2 is 1.66 bits per heavy atom. The first kappa shape index (κ1) is 44.1. The molecule has 0 bridgehead atoms. The number of ether oxygens (including phenoxy) is 4. The first-order chi connectivity index (χ1) is 31.6. The Balaban J connectivity index is 0.910. The Kier molecular flexibility index (Phi) is 13.0. The molecule has 3 atom stereocenters. The molecule has 1 spiro atoms. The summed E-state index contributed by atoms with van der Waals surface area (Å²) in [5.74, 6) is 3.95. The molecule has 3 aliphatic carbocycles. The molecule has 10 nitrogen and oxygen atoms in total. The number of halogens is 1. The Bertz CT molecular complexity index is 2650. The van der Waals surface area contributed by atoms with Gasteiger partial charge in [0, 0.05) is 34.4 Å². The van der Waals surface area contributed by atoms with E-state index in [1.165, 1.54) is 22.4 Å². The summed E-state index contributed by atoms with van der Waals surface area (Å²) >= 11 is 6.35. The molecular weight excluding hydrogens is 836 g/mol. The van der Waals surface area contributed by atoms with Crippen molar-refractivity contribution in [2.45, 2.75) is 102 Å². The first-order valence-electron chi connectivity index (χ1n) is 22.9. The summed E-state index contributed by atoms with van der Waals surface area (Å²) in [6.45, 7) is 5.81. The predicted molar refractivity (Wildman–Crippen MR) is 253 cm³/mol. The van der Waals surface area contributed by atoms with Crippen LogP contribution in [0.3, 0.4) is 0 Å². The molecule has 4 aromatic carbocycles. The largest absolute Gasteiger partial charge is 0.496 e. The summed E-state index contributed by atoms with van der Waals surface area (Å²) in [7, 11) is 1.64. The number of carboxylic acids is 1. The van der Waals surface area contributed by atoms with Crippen molar-refractivity contribution in [1.29, 1.82) is 0 Å². The second kappa shape index (κ2) is 19.1. The van der Waals surface area contributed by atoms with Crippen LogP contribution in [0.2, 0.25) is 5.02 Å². The number of nitrogens with zero attached hydrogens (tertiary/aromatic N) is 3. The monoisotopic (exact) mass is 892 g/mol. The van der Waals surface area contributed by atoms with Gasteiger partial charge in [-0.1, -0.05) is 61.8 Å². The number of para-hydroxylation sites is 1. The van der Waals surface area contributed by atoms with Crippen molar-refractivity contribution in [1.82, 2.24) is 15.0 Å². The molecule has 0 amide bonds. The topological polar surface area (TPSA) is 125 Å². The smallest absolute Gasteiger partial charge is 0.329 e. The van der Waals surface area contributed by atoms with Crippen LogP contribution < -0.4 is 24.3 Å². The number of pyridine rings is 1. The molecule has 1 fully saturated rings. The molecule has 0 aliphatic heterocycles. The molecule has 11 heteroatoms. The Morgan fingerprint density at radius 3 is 2.49 bits per heavy atom. The van der Waals surface area contributed by atoms with Gasteiger partial charge in [-0.15, -0.1) is 0 Å². The lowest BCUT2D eigenvalue weighted by Gasteiger charge is -2.47. The van der Waals surface area contributed by atoms with Gasteiger partial charge in [-0.25, -0.2) is 14.8 Å². The maximum atomic E-state index is 13.2. The number of benzene rings is 4. The number of fused-ring (bicyclic) bond motifs is 3. The van der Waals surface area contributed by atoms with Crippen LogP contribution in [0, 0.1) is 11.8 Å². The van der Waals surface area contributed by atoms with Gasteiger partial charge in [0.2, 0.25) is 0 Å². The third-order valence-electron chi connectivity index (χ3n) is 14.0. The van der Waals surface area contributed by atoms with Crippen LogP contribution >= 0.6 is 11.6 Å². The summed E-state index contributed by atoms with van der Waals surface area (Å²) in [5.41, 5.74) is 6.97. The summed E-state index contributed by atoms with van der Waals surface area (Å²) in [5, 5.41) is 14.8. The van der Waals surface area contributed by atoms with Gasteiger partial charge in [-0.05, 0) is 164 Å². The number of aliphatic carboxylic acids is 1. The van der Waals surface area contributed by atoms with E-state index < -0.39 is 11.5 Å². The summed E-state index contributed by atoms with van der Waals surface area (Å²) in [6, 6.07) is 33.4. The Hall–Kier alpha value is -6.13. The van der Waals surface area contributed by atoms with E-state index in [9.17, 15) is 9.90 Å². The quantitative estimate of drug-likeness (QED) is 0.0970. The molecule has 336 valence electrons. The first-order valence-corrected chi connectivity index (χ1v) is 23.3. The summed E-state index contributed by atoms with van der Waals surface area (Å²) < 4.78 is 24.9. The Morgan fingerprint density at radius 1 is 0.862 bits per heavy atom. The highest BCUT2D eigenvalue weighted by Gasteiger charge is 2.54. The number of rotatable bonds is 16. The zero-order valence-electron chi connectivity index (χ0n) is 37.4. The summed E-state index contributed by atoms with van der Waals surface area (Å²) in [4.78, 5) is 27.1. The molecule has 2 N–H and O–H groups in total. The second-order valence-electron chi connectivity index (χ2n) is 18.3. The van der Waals surface area contributed by atoms with Crippen LogP contribution in [0.15, 0.2) is 116 Å². The number of nitrogens with one attached hydrogen (secondary N) is 1. The molecule has 0 radical (unpaired) electrons. The predicted octanol–water partition coefficient (Wildman–Crippen LogP) is 11.8. The van der Waals surface area contributed by atoms with Crippen LogP contribution in [0.4, 0.5) is 5.69 Å². The average molecular weight is 894 g/mol. The molecule has 65 heavy (non-hydrogen) atoms. The van der Waals surface area contributed by atoms with E-state index in [-0.39, 0.29) is 17.9 Å². The summed E-state index contributed by atoms with van der Waals surface area (Å²) in [6.07, 6.45) is 11.2. The lowest BCUT2D eigenvalue weighted by molar-refractivity contribution is -0.144. The molecule has 0 saturated heterocycles. The number of aryl methyl sites for hydroxylation is 1. The zero-order chi connectivity index (χ0) is 45.0. The van der Waals surface area contributed by atoms with Gasteiger partial charge in [0.25, 0.3) is 0 Å². The number of aromatic nitrogens is 3. The maximum Gasteiger partial charge on any atom is 0.329 e. The fourth-order valence-corrected chi connectivity index (χ4v) is 10.8. The third-order valence-corrected chi connectivity index (χ3v) is 14.3. The van der Waals surface area contributed by atoms with Crippen molar-refractivity contribution >= 4 is 23.3 Å². The molecule has 3 aliphatic rings. The lowest BCUT2D eigenvalue weighted by atomic mass is 9.59. The highest BCUT2D eigenvalue weighted by molar-refractivity contribution is 6.30. The SMILES string of the molecule is COc1ccccc1-c1nccc(COc2cccc(COc3ccc4c(c3)C3(CCC(Nc5cccc(Cl)c5)(C(=O)O)CC3)[C@@H](C[C@@H](C)COc3ccnc5c3[C@H](C)CCC5)C4)c2)n1. The van der Waals surface area contributed by atoms with Gasteiger partial charge in [0.1, 0.15) is 41.8 Å². The van der Waals surface area contributed by atoms with Crippen molar-refractivity contribution in [2.75, 3.05) is 19.0 Å². The highest BCUT2D eigenvalue weighted by Crippen LogP contribution is 2.57. The standard InChI is InChI=1S/C54H57ClN4O6/c1-35(32-65-49-20-26-56-47-15-6-9-36(2)50(47)49)27-39-29-38-17-18-44(31-46(38)53(39)21-23-54(24-22-53,52(60)61)59-41-12-8-11-40(55)30-41)63-33-37-10-7-13-43(28-37)64-34-42-19-25-57-51(58-42)45-14-4-5-16-48(45)62-3/h4-5,7-8,10-14,16-20,25-26,28,30-31,35-36,39,59H,6,9,15,21-24,27,29,32-34H2,1-3H3,(H,60,61)/t35-,36-,39+,53?,54?/m1/s1. The number of hydrogen-bond acceptors (Lipinski definition) is 9. The number of methoxy groups -OCH3 is 1.